The maximum Gasteiger partial charge on any atom is 0.262 e. The molecule has 0 aliphatic heterocycles. The predicted octanol–water partition coefficient (Wildman–Crippen LogP) is 4.17. The average Bonchev–Trinajstić information content (AvgIpc) is 2.73. The molecule has 1 amide bonds. The number of carbonyl (C=O) groups excluding carboxylic acids is 1. The van der Waals surface area contributed by atoms with Crippen molar-refractivity contribution in [3.63, 3.8) is 0 Å². The zero-order valence-electron chi connectivity index (χ0n) is 16.2. The Morgan fingerprint density at radius 1 is 1.11 bits per heavy atom. The lowest BCUT2D eigenvalue weighted by atomic mass is 10.0. The van der Waals surface area contributed by atoms with Crippen molar-refractivity contribution in [3.05, 3.63) is 70.5 Å². The lowest BCUT2D eigenvalue weighted by Gasteiger charge is -2.19. The quantitative estimate of drug-likeness (QED) is 0.459. The minimum absolute atomic E-state index is 0.00256. The molecule has 5 nitrogen and oxygen atoms in total. The second-order valence-corrected chi connectivity index (χ2v) is 7.51. The minimum Gasteiger partial charge on any atom is -0.349 e. The van der Waals surface area contributed by atoms with E-state index in [1.165, 1.54) is 11.8 Å². The van der Waals surface area contributed by atoms with Gasteiger partial charge in [0.15, 0.2) is 5.16 Å². The molecule has 146 valence electrons. The number of nitrogens with zero attached hydrogens (tertiary/aromatic N) is 2. The molecule has 0 saturated carbocycles. The van der Waals surface area contributed by atoms with Crippen molar-refractivity contribution in [3.8, 4) is 0 Å². The standard InChI is InChI=1S/C22H25N3O2S/c1-3-10-18(16-11-6-5-7-12-16)23-20(26)15-28-22-24-19-14-9-8-13-17(19)21(27)25(22)4-2/h5-9,11-14,18H,3-4,10,15H2,1-2H3,(H,23,26). The molecule has 0 saturated heterocycles. The summed E-state index contributed by atoms with van der Waals surface area (Å²) < 4.78 is 1.63. The monoisotopic (exact) mass is 395 g/mol. The van der Waals surface area contributed by atoms with E-state index in [0.29, 0.717) is 22.6 Å². The number of benzene rings is 2. The molecule has 1 N–H and O–H groups in total. The van der Waals surface area contributed by atoms with Crippen LogP contribution in [0.2, 0.25) is 0 Å². The summed E-state index contributed by atoms with van der Waals surface area (Å²) in [5.74, 6) is 0.162. The van der Waals surface area contributed by atoms with E-state index in [2.05, 4.69) is 17.2 Å². The molecule has 0 aliphatic carbocycles. The summed E-state index contributed by atoms with van der Waals surface area (Å²) in [5.41, 5.74) is 1.70. The molecule has 0 radical (unpaired) electrons. The zero-order valence-corrected chi connectivity index (χ0v) is 17.0. The predicted molar refractivity (Wildman–Crippen MR) is 115 cm³/mol. The van der Waals surface area contributed by atoms with Crippen LogP contribution >= 0.6 is 11.8 Å². The van der Waals surface area contributed by atoms with Gasteiger partial charge >= 0.3 is 0 Å². The summed E-state index contributed by atoms with van der Waals surface area (Å²) >= 11 is 1.30. The number of carbonyl (C=O) groups is 1. The van der Waals surface area contributed by atoms with Gasteiger partial charge in [-0.15, -0.1) is 0 Å². The van der Waals surface area contributed by atoms with E-state index < -0.39 is 0 Å². The summed E-state index contributed by atoms with van der Waals surface area (Å²) in [4.78, 5) is 29.9. The maximum atomic E-state index is 12.7. The Kier molecular flexibility index (Phi) is 6.87. The average molecular weight is 396 g/mol. The second-order valence-electron chi connectivity index (χ2n) is 6.57. The highest BCUT2D eigenvalue weighted by Gasteiger charge is 2.16. The van der Waals surface area contributed by atoms with Gasteiger partial charge in [0.2, 0.25) is 5.91 Å². The van der Waals surface area contributed by atoms with E-state index in [1.807, 2.05) is 55.5 Å². The fraction of sp³-hybridized carbons (Fsp3) is 0.318. The van der Waals surface area contributed by atoms with Crippen LogP contribution in [0.5, 0.6) is 0 Å². The van der Waals surface area contributed by atoms with Gasteiger partial charge in [-0.3, -0.25) is 14.2 Å². The number of aromatic nitrogens is 2. The minimum atomic E-state index is -0.0656. The van der Waals surface area contributed by atoms with Gasteiger partial charge in [-0.1, -0.05) is 67.6 Å². The lowest BCUT2D eigenvalue weighted by molar-refractivity contribution is -0.119. The Morgan fingerprint density at radius 2 is 1.82 bits per heavy atom. The van der Waals surface area contributed by atoms with Gasteiger partial charge < -0.3 is 5.32 Å². The summed E-state index contributed by atoms with van der Waals surface area (Å²) in [5, 5.41) is 4.30. The fourth-order valence-corrected chi connectivity index (χ4v) is 4.07. The molecule has 2 aromatic carbocycles. The number of hydrogen-bond acceptors (Lipinski definition) is 4. The maximum absolute atomic E-state index is 12.7. The summed E-state index contributed by atoms with van der Waals surface area (Å²) in [6, 6.07) is 17.3. The van der Waals surface area contributed by atoms with Crippen molar-refractivity contribution in [2.24, 2.45) is 0 Å². The molecule has 0 aliphatic rings. The van der Waals surface area contributed by atoms with E-state index in [0.717, 1.165) is 18.4 Å². The van der Waals surface area contributed by atoms with Gasteiger partial charge in [0.25, 0.3) is 5.56 Å². The van der Waals surface area contributed by atoms with Gasteiger partial charge in [0.05, 0.1) is 22.7 Å². The van der Waals surface area contributed by atoms with E-state index in [-0.39, 0.29) is 23.3 Å². The van der Waals surface area contributed by atoms with Crippen LogP contribution in [0.15, 0.2) is 64.5 Å². The molecule has 1 unspecified atom stereocenters. The van der Waals surface area contributed by atoms with Gasteiger partial charge in [0.1, 0.15) is 0 Å². The Hall–Kier alpha value is -2.60. The molecule has 1 aromatic heterocycles. The number of hydrogen-bond donors (Lipinski definition) is 1. The first-order chi connectivity index (χ1) is 13.6. The van der Waals surface area contributed by atoms with Crippen LogP contribution in [-0.2, 0) is 11.3 Å². The first-order valence-corrected chi connectivity index (χ1v) is 10.6. The summed E-state index contributed by atoms with van der Waals surface area (Å²) in [6.07, 6.45) is 1.86. The van der Waals surface area contributed by atoms with Crippen molar-refractivity contribution < 1.29 is 4.79 Å². The largest absolute Gasteiger partial charge is 0.349 e. The van der Waals surface area contributed by atoms with E-state index in [4.69, 9.17) is 0 Å². The van der Waals surface area contributed by atoms with Crippen molar-refractivity contribution >= 4 is 28.6 Å². The van der Waals surface area contributed by atoms with Gasteiger partial charge in [-0.2, -0.15) is 0 Å². The van der Waals surface area contributed by atoms with Crippen LogP contribution < -0.4 is 10.9 Å². The fourth-order valence-electron chi connectivity index (χ4n) is 3.20. The smallest absolute Gasteiger partial charge is 0.262 e. The molecule has 3 aromatic rings. The van der Waals surface area contributed by atoms with Crippen LogP contribution in [0.4, 0.5) is 0 Å². The third kappa shape index (κ3) is 4.62. The number of rotatable bonds is 8. The zero-order chi connectivity index (χ0) is 19.9. The van der Waals surface area contributed by atoms with Crippen LogP contribution in [0.25, 0.3) is 10.9 Å². The first-order valence-electron chi connectivity index (χ1n) is 9.60. The lowest BCUT2D eigenvalue weighted by Crippen LogP contribution is -2.30. The number of fused-ring (bicyclic) bond motifs is 1. The molecular formula is C22H25N3O2S. The van der Waals surface area contributed by atoms with Crippen LogP contribution in [0.1, 0.15) is 38.3 Å². The molecule has 3 rings (SSSR count). The van der Waals surface area contributed by atoms with Gasteiger partial charge in [-0.05, 0) is 31.0 Å². The van der Waals surface area contributed by atoms with Crippen LogP contribution in [0, 0.1) is 0 Å². The Labute approximate surface area is 169 Å². The van der Waals surface area contributed by atoms with Crippen molar-refractivity contribution in [2.75, 3.05) is 5.75 Å². The van der Waals surface area contributed by atoms with Crippen molar-refractivity contribution in [2.45, 2.75) is 44.4 Å². The number of nitrogens with one attached hydrogen (secondary N) is 1. The highest BCUT2D eigenvalue weighted by molar-refractivity contribution is 7.99. The third-order valence-corrected chi connectivity index (χ3v) is 5.57. The van der Waals surface area contributed by atoms with Gasteiger partial charge in [-0.25, -0.2) is 4.98 Å². The molecule has 0 fully saturated rings. The number of amides is 1. The first kappa shape index (κ1) is 20.1. The highest BCUT2D eigenvalue weighted by atomic mass is 32.2. The molecular weight excluding hydrogens is 370 g/mol. The van der Waals surface area contributed by atoms with E-state index in [9.17, 15) is 9.59 Å². The van der Waals surface area contributed by atoms with Gasteiger partial charge in [0, 0.05) is 6.54 Å². The SMILES string of the molecule is CCCC(NC(=O)CSc1nc2ccccc2c(=O)n1CC)c1ccccc1. The third-order valence-electron chi connectivity index (χ3n) is 4.59. The number of para-hydroxylation sites is 1. The van der Waals surface area contributed by atoms with Crippen molar-refractivity contribution in [1.29, 1.82) is 0 Å². The molecule has 1 atom stereocenters. The van der Waals surface area contributed by atoms with Crippen LogP contribution in [-0.4, -0.2) is 21.2 Å². The molecule has 28 heavy (non-hydrogen) atoms. The molecule has 0 spiro atoms. The Balaban J connectivity index is 1.74. The van der Waals surface area contributed by atoms with E-state index >= 15 is 0 Å². The van der Waals surface area contributed by atoms with E-state index in [1.54, 1.807) is 10.6 Å². The molecule has 1 heterocycles. The molecule has 6 heteroatoms. The topological polar surface area (TPSA) is 64.0 Å². The number of thioether (sulfide) groups is 1. The summed E-state index contributed by atoms with van der Waals surface area (Å²) in [6.45, 7) is 4.54. The normalized spacial score (nSPS) is 12.1. The van der Waals surface area contributed by atoms with Crippen LogP contribution in [0.3, 0.4) is 0 Å². The molecule has 0 bridgehead atoms. The summed E-state index contributed by atoms with van der Waals surface area (Å²) in [7, 11) is 0. The Bertz CT molecular complexity index is 1000. The van der Waals surface area contributed by atoms with Crippen molar-refractivity contribution in [1.82, 2.24) is 14.9 Å². The second kappa shape index (κ2) is 9.55. The Morgan fingerprint density at radius 3 is 2.54 bits per heavy atom. The highest BCUT2D eigenvalue weighted by Crippen LogP contribution is 2.20.